The molecule has 12 heteroatoms. The number of nitrogens with zero attached hydrogens (tertiary/aromatic N) is 3. The molecule has 10 nitrogen and oxygen atoms in total. The lowest BCUT2D eigenvalue weighted by molar-refractivity contribution is -0.384. The number of anilines is 2. The minimum Gasteiger partial charge on any atom is -0.369 e. The molecule has 4 N–H and O–H groups in total. The van der Waals surface area contributed by atoms with Gasteiger partial charge in [-0.15, -0.1) is 0 Å². The molecular weight excluding hydrogens is 471 g/mol. The van der Waals surface area contributed by atoms with Crippen molar-refractivity contribution in [1.82, 2.24) is 15.0 Å². The van der Waals surface area contributed by atoms with Crippen molar-refractivity contribution >= 4 is 57.3 Å². The number of nitrogens with one attached hydrogen (secondary N) is 2. The lowest BCUT2D eigenvalue weighted by Crippen LogP contribution is -2.24. The van der Waals surface area contributed by atoms with Gasteiger partial charge in [-0.25, -0.2) is 4.98 Å². The van der Waals surface area contributed by atoms with Gasteiger partial charge in [-0.05, 0) is 35.9 Å². The Bertz CT molecular complexity index is 1460. The predicted molar refractivity (Wildman–Crippen MR) is 124 cm³/mol. The van der Waals surface area contributed by atoms with Crippen molar-refractivity contribution in [2.45, 2.75) is 5.92 Å². The molecule has 2 heterocycles. The number of carbonyl (C=O) groups is 1. The van der Waals surface area contributed by atoms with Crippen molar-refractivity contribution in [3.63, 3.8) is 0 Å². The molecule has 4 aromatic rings. The van der Waals surface area contributed by atoms with Gasteiger partial charge < -0.3 is 11.1 Å². The molecule has 0 aliphatic rings. The standard InChI is InChI=1S/C21H14Cl2N6O4/c22-15-2-1-11(7-16(15)23)26-21-27-18-13(17(19(24)30)10-3-5-25-6-4-10)8-12(29(32)33)9-14(18)20(31)28-21/h1-9,17H,(H2,24,30)(H2,26,27,28,31). The van der Waals surface area contributed by atoms with Crippen LogP contribution in [0.3, 0.4) is 0 Å². The Morgan fingerprint density at radius 3 is 2.48 bits per heavy atom. The highest BCUT2D eigenvalue weighted by Gasteiger charge is 2.27. The summed E-state index contributed by atoms with van der Waals surface area (Å²) in [5, 5.41) is 15.0. The average molecular weight is 485 g/mol. The molecule has 33 heavy (non-hydrogen) atoms. The fourth-order valence-electron chi connectivity index (χ4n) is 3.40. The van der Waals surface area contributed by atoms with Crippen LogP contribution in [-0.4, -0.2) is 25.8 Å². The number of nitrogens with two attached hydrogens (primary N) is 1. The Morgan fingerprint density at radius 1 is 1.12 bits per heavy atom. The summed E-state index contributed by atoms with van der Waals surface area (Å²) in [5.41, 5.74) is 5.75. The summed E-state index contributed by atoms with van der Waals surface area (Å²) in [6, 6.07) is 10.1. The molecule has 0 radical (unpaired) electrons. The number of hydrogen-bond acceptors (Lipinski definition) is 7. The van der Waals surface area contributed by atoms with Crippen LogP contribution in [0.1, 0.15) is 17.0 Å². The van der Waals surface area contributed by atoms with Gasteiger partial charge in [0.15, 0.2) is 0 Å². The summed E-state index contributed by atoms with van der Waals surface area (Å²) in [6.45, 7) is 0. The topological polar surface area (TPSA) is 157 Å². The molecule has 4 rings (SSSR count). The van der Waals surface area contributed by atoms with Crippen LogP contribution in [0.15, 0.2) is 59.7 Å². The van der Waals surface area contributed by atoms with Gasteiger partial charge in [0.2, 0.25) is 11.9 Å². The number of hydrogen-bond donors (Lipinski definition) is 3. The number of fused-ring (bicyclic) bond motifs is 1. The molecule has 0 aliphatic heterocycles. The van der Waals surface area contributed by atoms with E-state index >= 15 is 0 Å². The third kappa shape index (κ3) is 4.47. The molecule has 2 aromatic heterocycles. The van der Waals surface area contributed by atoms with E-state index in [1.54, 1.807) is 24.3 Å². The lowest BCUT2D eigenvalue weighted by Gasteiger charge is -2.16. The van der Waals surface area contributed by atoms with E-state index in [0.29, 0.717) is 16.3 Å². The number of carbonyl (C=O) groups excluding carboxylic acids is 1. The Kier molecular flexibility index (Phi) is 5.95. The minimum atomic E-state index is -1.11. The van der Waals surface area contributed by atoms with Crippen LogP contribution in [0.25, 0.3) is 10.9 Å². The van der Waals surface area contributed by atoms with E-state index in [9.17, 15) is 19.7 Å². The van der Waals surface area contributed by atoms with Gasteiger partial charge in [-0.2, -0.15) is 0 Å². The molecule has 0 saturated carbocycles. The third-order valence-electron chi connectivity index (χ3n) is 4.85. The molecule has 2 aromatic carbocycles. The normalized spacial score (nSPS) is 11.8. The van der Waals surface area contributed by atoms with E-state index in [2.05, 4.69) is 20.3 Å². The number of aromatic amines is 1. The molecule has 1 amide bonds. The number of amides is 1. The SMILES string of the molecule is NC(=O)C(c1ccncc1)c1cc([N+](=O)[O-])cc2c(=O)[nH]c(Nc3ccc(Cl)c(Cl)c3)nc12. The molecule has 1 unspecified atom stereocenters. The molecule has 1 atom stereocenters. The van der Waals surface area contributed by atoms with Gasteiger partial charge in [-0.1, -0.05) is 23.2 Å². The highest BCUT2D eigenvalue weighted by molar-refractivity contribution is 6.42. The largest absolute Gasteiger partial charge is 0.369 e. The number of H-pyrrole nitrogens is 1. The molecule has 0 bridgehead atoms. The fraction of sp³-hybridized carbons (Fsp3) is 0.0476. The Balaban J connectivity index is 1.95. The minimum absolute atomic E-state index is 0.0268. The fourth-order valence-corrected chi connectivity index (χ4v) is 3.70. The second kappa shape index (κ2) is 8.85. The number of aromatic nitrogens is 3. The predicted octanol–water partition coefficient (Wildman–Crippen LogP) is 3.89. The van der Waals surface area contributed by atoms with Crippen molar-refractivity contribution < 1.29 is 9.72 Å². The number of non-ortho nitro benzene ring substituents is 1. The number of benzene rings is 2. The zero-order chi connectivity index (χ0) is 23.7. The van der Waals surface area contributed by atoms with Crippen molar-refractivity contribution in [3.8, 4) is 0 Å². The first-order chi connectivity index (χ1) is 15.7. The number of primary amides is 1. The van der Waals surface area contributed by atoms with Gasteiger partial charge in [0.25, 0.3) is 11.2 Å². The van der Waals surface area contributed by atoms with Crippen molar-refractivity contribution in [3.05, 3.63) is 96.5 Å². The zero-order valence-electron chi connectivity index (χ0n) is 16.6. The highest BCUT2D eigenvalue weighted by Crippen LogP contribution is 2.33. The summed E-state index contributed by atoms with van der Waals surface area (Å²) in [5.74, 6) is -1.86. The van der Waals surface area contributed by atoms with Crippen LogP contribution in [0.4, 0.5) is 17.3 Å². The van der Waals surface area contributed by atoms with E-state index in [-0.39, 0.29) is 33.1 Å². The molecular formula is C21H14Cl2N6O4. The zero-order valence-corrected chi connectivity index (χ0v) is 18.1. The molecule has 166 valence electrons. The highest BCUT2D eigenvalue weighted by atomic mass is 35.5. The quantitative estimate of drug-likeness (QED) is 0.276. The second-order valence-corrected chi connectivity index (χ2v) is 7.79. The van der Waals surface area contributed by atoms with Crippen molar-refractivity contribution in [2.24, 2.45) is 5.73 Å². The van der Waals surface area contributed by atoms with E-state index < -0.39 is 22.3 Å². The van der Waals surface area contributed by atoms with Crippen molar-refractivity contribution in [1.29, 1.82) is 0 Å². The van der Waals surface area contributed by atoms with Gasteiger partial charge in [0.1, 0.15) is 0 Å². The van der Waals surface area contributed by atoms with Gasteiger partial charge in [0, 0.05) is 35.8 Å². The van der Waals surface area contributed by atoms with Crippen LogP contribution < -0.4 is 16.6 Å². The maximum absolute atomic E-state index is 12.8. The summed E-state index contributed by atoms with van der Waals surface area (Å²) < 4.78 is 0. The monoisotopic (exact) mass is 484 g/mol. The Morgan fingerprint density at radius 2 is 1.85 bits per heavy atom. The second-order valence-electron chi connectivity index (χ2n) is 6.97. The van der Waals surface area contributed by atoms with Gasteiger partial charge in [0.05, 0.1) is 31.8 Å². The van der Waals surface area contributed by atoms with Crippen LogP contribution in [0.2, 0.25) is 10.0 Å². The van der Waals surface area contributed by atoms with Crippen LogP contribution in [0.5, 0.6) is 0 Å². The van der Waals surface area contributed by atoms with Gasteiger partial charge >= 0.3 is 0 Å². The van der Waals surface area contributed by atoms with Crippen LogP contribution >= 0.6 is 23.2 Å². The van der Waals surface area contributed by atoms with E-state index in [4.69, 9.17) is 28.9 Å². The van der Waals surface area contributed by atoms with Crippen molar-refractivity contribution in [2.75, 3.05) is 5.32 Å². The average Bonchev–Trinajstić information content (AvgIpc) is 2.77. The number of rotatable bonds is 6. The van der Waals surface area contributed by atoms with Crippen LogP contribution in [0, 0.1) is 10.1 Å². The summed E-state index contributed by atoms with van der Waals surface area (Å²) in [6.07, 6.45) is 2.92. The third-order valence-corrected chi connectivity index (χ3v) is 5.59. The first-order valence-corrected chi connectivity index (χ1v) is 10.1. The first kappa shape index (κ1) is 22.2. The first-order valence-electron chi connectivity index (χ1n) is 9.38. The summed E-state index contributed by atoms with van der Waals surface area (Å²) in [4.78, 5) is 47.0. The molecule has 0 fully saturated rings. The Labute approximate surface area is 195 Å². The number of nitro benzene ring substituents is 1. The van der Waals surface area contributed by atoms with Gasteiger partial charge in [-0.3, -0.25) is 29.7 Å². The summed E-state index contributed by atoms with van der Waals surface area (Å²) in [7, 11) is 0. The van der Waals surface area contributed by atoms with Crippen LogP contribution in [-0.2, 0) is 4.79 Å². The summed E-state index contributed by atoms with van der Waals surface area (Å²) >= 11 is 12.0. The number of halogens is 2. The molecule has 0 aliphatic carbocycles. The van der Waals surface area contributed by atoms with E-state index in [1.807, 2.05) is 0 Å². The van der Waals surface area contributed by atoms with E-state index in [0.717, 1.165) is 6.07 Å². The number of nitro groups is 1. The molecule has 0 saturated heterocycles. The maximum atomic E-state index is 12.8. The van der Waals surface area contributed by atoms with E-state index in [1.165, 1.54) is 24.5 Å². The maximum Gasteiger partial charge on any atom is 0.270 e. The number of pyridine rings is 1. The lowest BCUT2D eigenvalue weighted by atomic mass is 9.89. The smallest absolute Gasteiger partial charge is 0.270 e. The Hall–Kier alpha value is -4.02. The molecule has 0 spiro atoms.